The summed E-state index contributed by atoms with van der Waals surface area (Å²) < 4.78 is 46.9. The first-order valence-corrected chi connectivity index (χ1v) is 8.22. The zero-order chi connectivity index (χ0) is 17.5. The maximum atomic E-state index is 13.9. The number of rotatable bonds is 3. The number of aliphatic hydroxyl groups excluding tert-OH is 1. The third-order valence-corrected chi connectivity index (χ3v) is 4.60. The summed E-state index contributed by atoms with van der Waals surface area (Å²) in [5.41, 5.74) is 0.400. The lowest BCUT2D eigenvalue weighted by Crippen LogP contribution is -2.21. The lowest BCUT2D eigenvalue weighted by Gasteiger charge is -2.15. The molecule has 1 aliphatic rings. The van der Waals surface area contributed by atoms with Gasteiger partial charge in [0.1, 0.15) is 23.4 Å². The molecule has 0 unspecified atom stereocenters. The van der Waals surface area contributed by atoms with E-state index in [1.165, 1.54) is 23.9 Å². The van der Waals surface area contributed by atoms with E-state index in [-0.39, 0.29) is 28.2 Å². The van der Waals surface area contributed by atoms with Crippen molar-refractivity contribution < 1.29 is 23.0 Å². The first-order valence-electron chi connectivity index (χ1n) is 7.00. The number of alkyl halides is 2. The highest BCUT2D eigenvalue weighted by Crippen LogP contribution is 2.50. The fourth-order valence-corrected chi connectivity index (χ4v) is 3.39. The van der Waals surface area contributed by atoms with Gasteiger partial charge in [0.2, 0.25) is 0 Å². The Bertz CT molecular complexity index is 848. The van der Waals surface area contributed by atoms with E-state index in [1.54, 1.807) is 18.4 Å². The van der Waals surface area contributed by atoms with Crippen molar-refractivity contribution in [1.82, 2.24) is 0 Å². The van der Waals surface area contributed by atoms with E-state index in [2.05, 4.69) is 0 Å². The lowest BCUT2D eigenvalue weighted by atomic mass is 10.1. The van der Waals surface area contributed by atoms with Crippen molar-refractivity contribution in [2.24, 2.45) is 0 Å². The molecule has 0 bridgehead atoms. The Balaban J connectivity index is 2.06. The standard InChI is InChI=1S/C17H12F3NO2S/c1-24-14-3-2-13(12-7-17(19,20)16(22)15(12)14)23-11-5-9(8-21)4-10(18)6-11/h2-6,16,22H,7H2,1H3/t16-/m1/s1. The normalized spacial score (nSPS) is 18.1. The monoisotopic (exact) mass is 351 g/mol. The summed E-state index contributed by atoms with van der Waals surface area (Å²) in [6, 6.07) is 8.33. The van der Waals surface area contributed by atoms with Crippen LogP contribution in [0.3, 0.4) is 0 Å². The number of fused-ring (bicyclic) bond motifs is 1. The average molecular weight is 351 g/mol. The minimum Gasteiger partial charge on any atom is -0.457 e. The van der Waals surface area contributed by atoms with Crippen molar-refractivity contribution in [1.29, 1.82) is 5.26 Å². The molecule has 2 aromatic rings. The molecule has 1 atom stereocenters. The second kappa shape index (κ2) is 6.04. The highest BCUT2D eigenvalue weighted by atomic mass is 32.2. The Labute approximate surface area is 140 Å². The summed E-state index contributed by atoms with van der Waals surface area (Å²) in [5.74, 6) is -3.79. The van der Waals surface area contributed by atoms with Gasteiger partial charge in [0, 0.05) is 28.5 Å². The minimum atomic E-state index is -3.29. The molecule has 1 aliphatic carbocycles. The van der Waals surface area contributed by atoms with Crippen LogP contribution in [-0.4, -0.2) is 17.3 Å². The molecule has 124 valence electrons. The molecule has 3 rings (SSSR count). The molecule has 0 saturated heterocycles. The van der Waals surface area contributed by atoms with Gasteiger partial charge in [0.15, 0.2) is 0 Å². The molecule has 24 heavy (non-hydrogen) atoms. The van der Waals surface area contributed by atoms with Crippen LogP contribution in [0.2, 0.25) is 0 Å². The van der Waals surface area contributed by atoms with Gasteiger partial charge in [-0.3, -0.25) is 0 Å². The number of benzene rings is 2. The number of ether oxygens (including phenoxy) is 1. The zero-order valence-corrected chi connectivity index (χ0v) is 13.3. The van der Waals surface area contributed by atoms with E-state index in [0.717, 1.165) is 12.1 Å². The van der Waals surface area contributed by atoms with Gasteiger partial charge in [-0.2, -0.15) is 5.26 Å². The average Bonchev–Trinajstić information content (AvgIpc) is 2.78. The molecule has 0 heterocycles. The van der Waals surface area contributed by atoms with E-state index in [1.807, 2.05) is 0 Å². The van der Waals surface area contributed by atoms with Crippen LogP contribution >= 0.6 is 11.8 Å². The van der Waals surface area contributed by atoms with Crippen LogP contribution < -0.4 is 4.74 Å². The third kappa shape index (κ3) is 2.83. The molecule has 0 aromatic heterocycles. The van der Waals surface area contributed by atoms with E-state index < -0.39 is 24.3 Å². The second-order valence-corrected chi connectivity index (χ2v) is 6.24. The second-order valence-electron chi connectivity index (χ2n) is 5.39. The number of nitriles is 1. The fraction of sp³-hybridized carbons (Fsp3) is 0.235. The maximum Gasteiger partial charge on any atom is 0.281 e. The topological polar surface area (TPSA) is 53.2 Å². The SMILES string of the molecule is CSc1ccc(Oc2cc(F)cc(C#N)c2)c2c1[C@@H](O)C(F)(F)C2. The Kier molecular flexibility index (Phi) is 4.20. The van der Waals surface area contributed by atoms with Gasteiger partial charge in [-0.05, 0) is 30.5 Å². The van der Waals surface area contributed by atoms with E-state index >= 15 is 0 Å². The molecule has 0 radical (unpaired) electrons. The summed E-state index contributed by atoms with van der Waals surface area (Å²) in [6.07, 6.45) is -0.834. The van der Waals surface area contributed by atoms with E-state index in [4.69, 9.17) is 10.00 Å². The molecular weight excluding hydrogens is 339 g/mol. The summed E-state index contributed by atoms with van der Waals surface area (Å²) >= 11 is 1.25. The number of halogens is 3. The number of thioether (sulfide) groups is 1. The van der Waals surface area contributed by atoms with Crippen LogP contribution in [0.15, 0.2) is 35.2 Å². The molecule has 0 amide bonds. The largest absolute Gasteiger partial charge is 0.457 e. The molecule has 3 nitrogen and oxygen atoms in total. The van der Waals surface area contributed by atoms with Crippen molar-refractivity contribution in [3.05, 3.63) is 52.8 Å². The van der Waals surface area contributed by atoms with Gasteiger partial charge in [0.05, 0.1) is 11.6 Å². The third-order valence-electron chi connectivity index (χ3n) is 3.81. The summed E-state index contributed by atoms with van der Waals surface area (Å²) in [4.78, 5) is 0.541. The predicted molar refractivity (Wildman–Crippen MR) is 83.0 cm³/mol. The minimum absolute atomic E-state index is 0.0374. The van der Waals surface area contributed by atoms with Crippen LogP contribution in [0.1, 0.15) is 22.8 Å². The smallest absolute Gasteiger partial charge is 0.281 e. The zero-order valence-electron chi connectivity index (χ0n) is 12.5. The number of hydrogen-bond acceptors (Lipinski definition) is 4. The fourth-order valence-electron chi connectivity index (χ4n) is 2.74. The molecule has 0 aliphatic heterocycles. The number of aliphatic hydroxyl groups is 1. The van der Waals surface area contributed by atoms with Gasteiger partial charge < -0.3 is 9.84 Å². The van der Waals surface area contributed by atoms with Crippen molar-refractivity contribution in [3.63, 3.8) is 0 Å². The van der Waals surface area contributed by atoms with Crippen molar-refractivity contribution in [3.8, 4) is 17.6 Å². The Morgan fingerprint density at radius 2 is 2.08 bits per heavy atom. The van der Waals surface area contributed by atoms with Gasteiger partial charge in [-0.25, -0.2) is 13.2 Å². The first kappa shape index (κ1) is 16.7. The number of nitrogens with zero attached hydrogens (tertiary/aromatic N) is 1. The molecule has 1 N–H and O–H groups in total. The van der Waals surface area contributed by atoms with Crippen molar-refractivity contribution in [2.75, 3.05) is 6.26 Å². The molecular formula is C17H12F3NO2S. The van der Waals surface area contributed by atoms with E-state index in [9.17, 15) is 18.3 Å². The highest BCUT2D eigenvalue weighted by Gasteiger charge is 2.49. The summed E-state index contributed by atoms with van der Waals surface area (Å²) in [7, 11) is 0. The maximum absolute atomic E-state index is 13.9. The van der Waals surface area contributed by atoms with Crippen LogP contribution in [0.5, 0.6) is 11.5 Å². The lowest BCUT2D eigenvalue weighted by molar-refractivity contribution is -0.0976. The highest BCUT2D eigenvalue weighted by molar-refractivity contribution is 7.98. The molecule has 0 saturated carbocycles. The van der Waals surface area contributed by atoms with Crippen LogP contribution in [-0.2, 0) is 6.42 Å². The van der Waals surface area contributed by atoms with Crippen LogP contribution in [0.4, 0.5) is 13.2 Å². The van der Waals surface area contributed by atoms with Gasteiger partial charge >= 0.3 is 0 Å². The summed E-state index contributed by atoms with van der Waals surface area (Å²) in [5, 5.41) is 18.8. The number of hydrogen-bond donors (Lipinski definition) is 1. The quantitative estimate of drug-likeness (QED) is 0.831. The van der Waals surface area contributed by atoms with E-state index in [0.29, 0.717) is 4.90 Å². The Morgan fingerprint density at radius 3 is 2.75 bits per heavy atom. The molecule has 2 aromatic carbocycles. The predicted octanol–water partition coefficient (Wildman–Crippen LogP) is 4.44. The van der Waals surface area contributed by atoms with Crippen molar-refractivity contribution >= 4 is 11.8 Å². The Hall–Kier alpha value is -2.17. The van der Waals surface area contributed by atoms with Gasteiger partial charge in [-0.15, -0.1) is 11.8 Å². The van der Waals surface area contributed by atoms with Gasteiger partial charge in [-0.1, -0.05) is 0 Å². The molecule has 0 fully saturated rings. The van der Waals surface area contributed by atoms with Gasteiger partial charge in [0.25, 0.3) is 5.92 Å². The molecule has 7 heteroatoms. The summed E-state index contributed by atoms with van der Waals surface area (Å²) in [6.45, 7) is 0. The first-order chi connectivity index (χ1) is 11.4. The van der Waals surface area contributed by atoms with Crippen LogP contribution in [0.25, 0.3) is 0 Å². The van der Waals surface area contributed by atoms with Crippen molar-refractivity contribution in [2.45, 2.75) is 23.3 Å². The molecule has 0 spiro atoms. The van der Waals surface area contributed by atoms with Crippen LogP contribution in [0, 0.1) is 17.1 Å². The Morgan fingerprint density at radius 1 is 1.33 bits per heavy atom.